The second-order valence-electron chi connectivity index (χ2n) is 4.57. The van der Waals surface area contributed by atoms with Gasteiger partial charge in [-0.3, -0.25) is 4.57 Å². The Labute approximate surface area is 148 Å². The zero-order valence-electron chi connectivity index (χ0n) is 12.7. The van der Waals surface area contributed by atoms with E-state index in [0.717, 1.165) is 20.3 Å². The van der Waals surface area contributed by atoms with Gasteiger partial charge in [0.1, 0.15) is 21.1 Å². The van der Waals surface area contributed by atoms with Gasteiger partial charge in [-0.25, -0.2) is 14.2 Å². The van der Waals surface area contributed by atoms with Crippen molar-refractivity contribution < 1.29 is 27.4 Å². The Kier molecular flexibility index (Phi) is 5.44. The Bertz CT molecular complexity index is 811. The van der Waals surface area contributed by atoms with Gasteiger partial charge in [0.25, 0.3) is 0 Å². The highest BCUT2D eigenvalue weighted by molar-refractivity contribution is 9.10. The number of aryl methyl sites for hydroxylation is 1. The summed E-state index contributed by atoms with van der Waals surface area (Å²) in [4.78, 5) is 15.8. The van der Waals surface area contributed by atoms with E-state index in [1.54, 1.807) is 0 Å². The van der Waals surface area contributed by atoms with E-state index in [2.05, 4.69) is 25.7 Å². The van der Waals surface area contributed by atoms with Gasteiger partial charge in [0, 0.05) is 5.56 Å². The third kappa shape index (κ3) is 2.98. The van der Waals surface area contributed by atoms with Crippen LogP contribution in [0, 0.1) is 12.7 Å². The molecule has 0 spiro atoms. The van der Waals surface area contributed by atoms with Gasteiger partial charge in [-0.2, -0.15) is 8.78 Å². The first-order valence-corrected chi connectivity index (χ1v) is 7.58. The van der Waals surface area contributed by atoms with Crippen LogP contribution < -0.4 is 4.74 Å². The molecule has 0 aliphatic carbocycles. The maximum absolute atomic E-state index is 14.7. The second kappa shape index (κ2) is 7.02. The van der Waals surface area contributed by atoms with E-state index in [-0.39, 0.29) is 32.3 Å². The van der Waals surface area contributed by atoms with Crippen LogP contribution in [0.4, 0.5) is 13.2 Å². The first kappa shape index (κ1) is 18.6. The molecule has 2 rings (SSSR count). The summed E-state index contributed by atoms with van der Waals surface area (Å²) in [6.07, 6.45) is 0. The van der Waals surface area contributed by atoms with Gasteiger partial charge >= 0.3 is 12.5 Å². The van der Waals surface area contributed by atoms with Gasteiger partial charge in [0.05, 0.1) is 19.8 Å². The van der Waals surface area contributed by atoms with Gasteiger partial charge < -0.3 is 9.47 Å². The fourth-order valence-corrected chi connectivity index (χ4v) is 3.14. The first-order chi connectivity index (χ1) is 11.2. The molecule has 0 fully saturated rings. The molecule has 130 valence electrons. The maximum Gasteiger partial charge on any atom is 0.339 e. The molecular weight excluding hydrogens is 417 g/mol. The van der Waals surface area contributed by atoms with E-state index in [0.29, 0.717) is 4.57 Å². The molecule has 0 N–H and O–H groups in total. The summed E-state index contributed by atoms with van der Waals surface area (Å²) in [7, 11) is 2.28. The average Bonchev–Trinajstić information content (AvgIpc) is 2.82. The summed E-state index contributed by atoms with van der Waals surface area (Å²) >= 11 is 8.93. The van der Waals surface area contributed by atoms with E-state index >= 15 is 0 Å². The van der Waals surface area contributed by atoms with E-state index < -0.39 is 24.1 Å². The first-order valence-electron chi connectivity index (χ1n) is 6.41. The summed E-state index contributed by atoms with van der Waals surface area (Å²) < 4.78 is 50.7. The average molecular weight is 428 g/mol. The van der Waals surface area contributed by atoms with Crippen LogP contribution in [0.1, 0.15) is 22.7 Å². The number of hydrogen-bond acceptors (Lipinski definition) is 4. The molecule has 0 amide bonds. The van der Waals surface area contributed by atoms with Crippen LogP contribution in [0.25, 0.3) is 11.3 Å². The smallest absolute Gasteiger partial charge is 0.339 e. The minimum atomic E-state index is -2.88. The van der Waals surface area contributed by atoms with Crippen LogP contribution in [0.15, 0.2) is 10.7 Å². The number of nitrogens with zero attached hydrogens (tertiary/aromatic N) is 2. The molecule has 0 unspecified atom stereocenters. The number of hydrogen-bond donors (Lipinski definition) is 0. The molecule has 0 atom stereocenters. The second-order valence-corrected chi connectivity index (χ2v) is 5.70. The van der Waals surface area contributed by atoms with E-state index in [1.807, 2.05) is 0 Å². The molecular formula is C14H11BrClF3N2O3. The standard InChI is InChI=1S/C14H11BrClF3N2O3/c1-5-20-10(12(15)21(5)14(18)19)7-4-6(13(22)24-3)8(16)11(23-2)9(7)17/h4,14H,1-3H3. The fourth-order valence-electron chi connectivity index (χ4n) is 2.14. The Morgan fingerprint density at radius 3 is 2.50 bits per heavy atom. The minimum Gasteiger partial charge on any atom is -0.492 e. The zero-order chi connectivity index (χ0) is 18.2. The molecule has 0 bridgehead atoms. The predicted octanol–water partition coefficient (Wildman–Crippen LogP) is 4.60. The number of imidazole rings is 1. The normalized spacial score (nSPS) is 11.0. The Morgan fingerprint density at radius 2 is 2.04 bits per heavy atom. The highest BCUT2D eigenvalue weighted by Gasteiger charge is 2.27. The molecule has 0 saturated carbocycles. The molecule has 0 radical (unpaired) electrons. The third-order valence-corrected chi connectivity index (χ3v) is 4.38. The number of halogens is 5. The highest BCUT2D eigenvalue weighted by Crippen LogP contribution is 2.41. The molecule has 24 heavy (non-hydrogen) atoms. The van der Waals surface area contributed by atoms with Gasteiger partial charge in [0.2, 0.25) is 0 Å². The molecule has 0 aliphatic rings. The maximum atomic E-state index is 14.7. The molecule has 1 aromatic heterocycles. The zero-order valence-corrected chi connectivity index (χ0v) is 15.0. The van der Waals surface area contributed by atoms with Crippen LogP contribution in [0.5, 0.6) is 5.75 Å². The third-order valence-electron chi connectivity index (χ3n) is 3.25. The van der Waals surface area contributed by atoms with Crippen LogP contribution in [0.2, 0.25) is 5.02 Å². The molecule has 1 aromatic carbocycles. The van der Waals surface area contributed by atoms with Crippen LogP contribution >= 0.6 is 27.5 Å². The lowest BCUT2D eigenvalue weighted by Gasteiger charge is -2.12. The van der Waals surface area contributed by atoms with Gasteiger partial charge in [-0.15, -0.1) is 0 Å². The largest absolute Gasteiger partial charge is 0.492 e. The number of benzene rings is 1. The summed E-state index contributed by atoms with van der Waals surface area (Å²) in [6, 6.07) is 1.08. The number of carbonyl (C=O) groups excluding carboxylic acids is 1. The summed E-state index contributed by atoms with van der Waals surface area (Å²) in [5, 5.41) is -0.285. The van der Waals surface area contributed by atoms with Crippen molar-refractivity contribution in [3.05, 3.63) is 32.9 Å². The van der Waals surface area contributed by atoms with Gasteiger partial charge in [-0.05, 0) is 28.9 Å². The van der Waals surface area contributed by atoms with Crippen molar-refractivity contribution in [3.8, 4) is 17.0 Å². The molecule has 0 saturated heterocycles. The Hall–Kier alpha value is -1.74. The quantitative estimate of drug-likeness (QED) is 0.669. The fraction of sp³-hybridized carbons (Fsp3) is 0.286. The summed E-state index contributed by atoms with van der Waals surface area (Å²) in [5.41, 5.74) is -0.528. The van der Waals surface area contributed by atoms with Crippen molar-refractivity contribution >= 4 is 33.5 Å². The Morgan fingerprint density at radius 1 is 1.42 bits per heavy atom. The van der Waals surface area contributed by atoms with E-state index in [1.165, 1.54) is 6.92 Å². The van der Waals surface area contributed by atoms with Crippen molar-refractivity contribution in [2.45, 2.75) is 13.5 Å². The number of aromatic nitrogens is 2. The number of ether oxygens (including phenoxy) is 2. The summed E-state index contributed by atoms with van der Waals surface area (Å²) in [6.45, 7) is -1.54. The molecule has 0 aliphatic heterocycles. The molecule has 2 aromatic rings. The van der Waals surface area contributed by atoms with Crippen molar-refractivity contribution in [1.29, 1.82) is 0 Å². The van der Waals surface area contributed by atoms with Crippen LogP contribution in [0.3, 0.4) is 0 Å². The lowest BCUT2D eigenvalue weighted by Crippen LogP contribution is -2.06. The van der Waals surface area contributed by atoms with Crippen molar-refractivity contribution in [3.63, 3.8) is 0 Å². The van der Waals surface area contributed by atoms with Crippen LogP contribution in [-0.4, -0.2) is 29.7 Å². The molecule has 1 heterocycles. The van der Waals surface area contributed by atoms with Crippen molar-refractivity contribution in [1.82, 2.24) is 9.55 Å². The van der Waals surface area contributed by atoms with E-state index in [4.69, 9.17) is 16.3 Å². The topological polar surface area (TPSA) is 53.3 Å². The van der Waals surface area contributed by atoms with Gasteiger partial charge in [-0.1, -0.05) is 11.6 Å². The number of alkyl halides is 2. The number of methoxy groups -OCH3 is 2. The van der Waals surface area contributed by atoms with Crippen molar-refractivity contribution in [2.75, 3.05) is 14.2 Å². The minimum absolute atomic E-state index is 0.0418. The Balaban J connectivity index is 2.80. The lowest BCUT2D eigenvalue weighted by molar-refractivity contribution is 0.0599. The van der Waals surface area contributed by atoms with Crippen LogP contribution in [-0.2, 0) is 4.74 Å². The van der Waals surface area contributed by atoms with Gasteiger partial charge in [0.15, 0.2) is 11.6 Å². The number of carbonyl (C=O) groups is 1. The summed E-state index contributed by atoms with van der Waals surface area (Å²) in [5.74, 6) is -2.22. The molecule has 5 nitrogen and oxygen atoms in total. The monoisotopic (exact) mass is 426 g/mol. The lowest BCUT2D eigenvalue weighted by atomic mass is 10.1. The van der Waals surface area contributed by atoms with Crippen molar-refractivity contribution in [2.24, 2.45) is 0 Å². The van der Waals surface area contributed by atoms with E-state index in [9.17, 15) is 18.0 Å². The predicted molar refractivity (Wildman–Crippen MR) is 84.2 cm³/mol. The SMILES string of the molecule is COC(=O)c1cc(-c2nc(C)n(C(F)F)c2Br)c(F)c(OC)c1Cl. The molecule has 10 heteroatoms. The number of rotatable bonds is 4. The number of esters is 1. The highest BCUT2D eigenvalue weighted by atomic mass is 79.9.